The second-order valence-corrected chi connectivity index (χ2v) is 6.64. The van der Waals surface area contributed by atoms with Crippen LogP contribution in [0, 0.1) is 5.82 Å². The minimum absolute atomic E-state index is 0.186. The van der Waals surface area contributed by atoms with Crippen LogP contribution in [0.3, 0.4) is 0 Å². The monoisotopic (exact) mass is 370 g/mol. The van der Waals surface area contributed by atoms with Gasteiger partial charge in [-0.05, 0) is 37.0 Å². The number of nitrogens with one attached hydrogen (secondary N) is 1. The average Bonchev–Trinajstić information content (AvgIpc) is 3.25. The van der Waals surface area contributed by atoms with E-state index in [9.17, 15) is 9.18 Å². The summed E-state index contributed by atoms with van der Waals surface area (Å²) in [5, 5.41) is 10.8. The third-order valence-corrected chi connectivity index (χ3v) is 4.87. The number of methoxy groups -OCH3 is 1. The van der Waals surface area contributed by atoms with E-state index in [1.165, 1.54) is 18.3 Å². The number of aromatic nitrogens is 3. The number of carbonyl (C=O) groups excluding carboxylic acids is 1. The first kappa shape index (κ1) is 17.4. The second-order valence-electron chi connectivity index (χ2n) is 6.64. The fraction of sp³-hybridized carbons (Fsp3) is 0.316. The topological polar surface area (TPSA) is 82.2 Å². The standard InChI is InChI=1S/C19H19FN4O3/c1-26-19(6-3-7-19)17-9-16(23-27-17)18(25)22-15-10-21-24(12-15)11-13-4-2-5-14(20)8-13/h2,4-5,8-10,12H,3,6-7,11H2,1H3,(H,22,25). The minimum atomic E-state index is -0.457. The number of carbonyl (C=O) groups is 1. The van der Waals surface area contributed by atoms with E-state index in [0.717, 1.165) is 24.8 Å². The maximum atomic E-state index is 13.3. The molecule has 7 nitrogen and oxygen atoms in total. The lowest BCUT2D eigenvalue weighted by Crippen LogP contribution is -2.35. The third-order valence-electron chi connectivity index (χ3n) is 4.87. The molecule has 1 aliphatic carbocycles. The maximum absolute atomic E-state index is 13.3. The molecule has 1 fully saturated rings. The Hall–Kier alpha value is -3.00. The van der Waals surface area contributed by atoms with Crippen LogP contribution in [0.25, 0.3) is 0 Å². The second kappa shape index (κ2) is 6.96. The first-order chi connectivity index (χ1) is 13.1. The number of anilines is 1. The molecule has 0 radical (unpaired) electrons. The van der Waals surface area contributed by atoms with Gasteiger partial charge in [0.2, 0.25) is 0 Å². The highest BCUT2D eigenvalue weighted by Gasteiger charge is 2.42. The molecule has 27 heavy (non-hydrogen) atoms. The fourth-order valence-corrected chi connectivity index (χ4v) is 3.18. The molecule has 0 bridgehead atoms. The van der Waals surface area contributed by atoms with E-state index >= 15 is 0 Å². The summed E-state index contributed by atoms with van der Waals surface area (Å²) in [6.07, 6.45) is 5.97. The lowest BCUT2D eigenvalue weighted by atomic mass is 9.78. The van der Waals surface area contributed by atoms with Gasteiger partial charge in [0.05, 0.1) is 18.4 Å². The summed E-state index contributed by atoms with van der Waals surface area (Å²) in [7, 11) is 1.63. The van der Waals surface area contributed by atoms with Crippen molar-refractivity contribution in [1.82, 2.24) is 14.9 Å². The van der Waals surface area contributed by atoms with Crippen molar-refractivity contribution >= 4 is 11.6 Å². The molecule has 0 unspecified atom stereocenters. The molecule has 4 rings (SSSR count). The molecule has 1 saturated carbocycles. The van der Waals surface area contributed by atoms with Crippen molar-refractivity contribution in [2.75, 3.05) is 12.4 Å². The first-order valence-corrected chi connectivity index (χ1v) is 8.69. The summed E-state index contributed by atoms with van der Waals surface area (Å²) >= 11 is 0. The predicted octanol–water partition coefficient (Wildman–Crippen LogP) is 3.34. The predicted molar refractivity (Wildman–Crippen MR) is 94.7 cm³/mol. The van der Waals surface area contributed by atoms with E-state index in [1.54, 1.807) is 30.1 Å². The zero-order valence-corrected chi connectivity index (χ0v) is 14.8. The molecular weight excluding hydrogens is 351 g/mol. The Balaban J connectivity index is 1.42. The molecule has 1 amide bonds. The van der Waals surface area contributed by atoms with Gasteiger partial charge in [-0.15, -0.1) is 0 Å². The summed E-state index contributed by atoms with van der Waals surface area (Å²) in [5.74, 6) is -0.112. The normalized spacial score (nSPS) is 15.3. The Morgan fingerprint density at radius 2 is 2.26 bits per heavy atom. The van der Waals surface area contributed by atoms with Crippen LogP contribution >= 0.6 is 0 Å². The van der Waals surface area contributed by atoms with Gasteiger partial charge in [0, 0.05) is 19.4 Å². The zero-order valence-electron chi connectivity index (χ0n) is 14.8. The summed E-state index contributed by atoms with van der Waals surface area (Å²) in [5.41, 5.74) is 1.03. The molecule has 140 valence electrons. The van der Waals surface area contributed by atoms with E-state index in [1.807, 2.05) is 6.07 Å². The van der Waals surface area contributed by atoms with Crippen LogP contribution in [0.2, 0.25) is 0 Å². The number of ether oxygens (including phenoxy) is 1. The van der Waals surface area contributed by atoms with E-state index < -0.39 is 5.60 Å². The van der Waals surface area contributed by atoms with Gasteiger partial charge in [0.25, 0.3) is 5.91 Å². The molecular formula is C19H19FN4O3. The van der Waals surface area contributed by atoms with E-state index in [-0.39, 0.29) is 17.4 Å². The van der Waals surface area contributed by atoms with Gasteiger partial charge in [0.15, 0.2) is 11.5 Å². The van der Waals surface area contributed by atoms with Crippen molar-refractivity contribution in [2.24, 2.45) is 0 Å². The molecule has 3 aromatic rings. The van der Waals surface area contributed by atoms with Crippen molar-refractivity contribution in [1.29, 1.82) is 0 Å². The molecule has 1 aromatic carbocycles. The lowest BCUT2D eigenvalue weighted by Gasteiger charge is -2.37. The number of benzene rings is 1. The van der Waals surface area contributed by atoms with Gasteiger partial charge in [-0.3, -0.25) is 9.48 Å². The van der Waals surface area contributed by atoms with E-state index in [4.69, 9.17) is 9.26 Å². The SMILES string of the molecule is COC1(c2cc(C(=O)Nc3cnn(Cc4cccc(F)c4)c3)no2)CCC1. The molecule has 1 N–H and O–H groups in total. The quantitative estimate of drug-likeness (QED) is 0.720. The van der Waals surface area contributed by atoms with Crippen LogP contribution in [0.5, 0.6) is 0 Å². The molecule has 2 heterocycles. The van der Waals surface area contributed by atoms with Gasteiger partial charge >= 0.3 is 0 Å². The highest BCUT2D eigenvalue weighted by molar-refractivity contribution is 6.02. The van der Waals surface area contributed by atoms with Gasteiger partial charge in [-0.25, -0.2) is 4.39 Å². The smallest absolute Gasteiger partial charge is 0.277 e. The van der Waals surface area contributed by atoms with Gasteiger partial charge in [-0.2, -0.15) is 5.10 Å². The van der Waals surface area contributed by atoms with Crippen LogP contribution in [-0.2, 0) is 16.9 Å². The third kappa shape index (κ3) is 3.48. The molecule has 0 aliphatic heterocycles. The summed E-state index contributed by atoms with van der Waals surface area (Å²) in [6, 6.07) is 7.92. The Morgan fingerprint density at radius 1 is 1.41 bits per heavy atom. The number of hydrogen-bond donors (Lipinski definition) is 1. The molecule has 1 aliphatic rings. The summed E-state index contributed by atoms with van der Waals surface area (Å²) < 4.78 is 25.7. The highest BCUT2D eigenvalue weighted by Crippen LogP contribution is 2.44. The van der Waals surface area contributed by atoms with Crippen LogP contribution < -0.4 is 5.32 Å². The van der Waals surface area contributed by atoms with Gasteiger partial charge < -0.3 is 14.6 Å². The van der Waals surface area contributed by atoms with Crippen molar-refractivity contribution in [3.8, 4) is 0 Å². The molecule has 0 spiro atoms. The summed E-state index contributed by atoms with van der Waals surface area (Å²) in [4.78, 5) is 12.4. The zero-order chi connectivity index (χ0) is 18.9. The number of rotatable bonds is 6. The first-order valence-electron chi connectivity index (χ1n) is 8.69. The minimum Gasteiger partial charge on any atom is -0.370 e. The van der Waals surface area contributed by atoms with Gasteiger partial charge in [-0.1, -0.05) is 17.3 Å². The van der Waals surface area contributed by atoms with E-state index in [2.05, 4.69) is 15.6 Å². The lowest BCUT2D eigenvalue weighted by molar-refractivity contribution is -0.0955. The Kier molecular flexibility index (Phi) is 4.49. The number of amides is 1. The maximum Gasteiger partial charge on any atom is 0.277 e. The summed E-state index contributed by atoms with van der Waals surface area (Å²) in [6.45, 7) is 0.401. The van der Waals surface area contributed by atoms with Crippen molar-refractivity contribution in [2.45, 2.75) is 31.4 Å². The highest BCUT2D eigenvalue weighted by atomic mass is 19.1. The molecule has 8 heteroatoms. The van der Waals surface area contributed by atoms with Crippen LogP contribution in [0.15, 0.2) is 47.2 Å². The fourth-order valence-electron chi connectivity index (χ4n) is 3.18. The average molecular weight is 370 g/mol. The Bertz CT molecular complexity index is 956. The van der Waals surface area contributed by atoms with Crippen LogP contribution in [0.4, 0.5) is 10.1 Å². The molecule has 0 saturated heterocycles. The van der Waals surface area contributed by atoms with Crippen molar-refractivity contribution < 1.29 is 18.4 Å². The van der Waals surface area contributed by atoms with Crippen LogP contribution in [0.1, 0.15) is 41.1 Å². The van der Waals surface area contributed by atoms with Crippen molar-refractivity contribution in [3.63, 3.8) is 0 Å². The number of hydrogen-bond acceptors (Lipinski definition) is 5. The number of nitrogens with zero attached hydrogens (tertiary/aromatic N) is 3. The Morgan fingerprint density at radius 3 is 2.96 bits per heavy atom. The molecule has 0 atom stereocenters. The van der Waals surface area contributed by atoms with E-state index in [0.29, 0.717) is 18.0 Å². The molecule has 2 aromatic heterocycles. The van der Waals surface area contributed by atoms with Crippen molar-refractivity contribution in [3.05, 3.63) is 65.6 Å². The Labute approximate surface area is 155 Å². The number of halogens is 1. The van der Waals surface area contributed by atoms with Crippen LogP contribution in [-0.4, -0.2) is 28.0 Å². The largest absolute Gasteiger partial charge is 0.370 e. The van der Waals surface area contributed by atoms with Gasteiger partial charge in [0.1, 0.15) is 11.4 Å².